The van der Waals surface area contributed by atoms with E-state index in [0.717, 1.165) is 49.9 Å². The minimum Gasteiger partial charge on any atom is -0.437 e. The molecular formula is C44H25N3OS. The van der Waals surface area contributed by atoms with Gasteiger partial charge in [0.2, 0.25) is 5.71 Å². The van der Waals surface area contributed by atoms with Gasteiger partial charge in [0.1, 0.15) is 5.58 Å². The van der Waals surface area contributed by atoms with Crippen LogP contribution in [0.2, 0.25) is 0 Å². The molecule has 0 unspecified atom stereocenters. The molecule has 0 saturated carbocycles. The summed E-state index contributed by atoms with van der Waals surface area (Å²) in [5.74, 6) is 1.44. The Morgan fingerprint density at radius 2 is 1.16 bits per heavy atom. The first kappa shape index (κ1) is 26.7. The lowest BCUT2D eigenvalue weighted by Gasteiger charge is -2.12. The van der Waals surface area contributed by atoms with Gasteiger partial charge < -0.3 is 4.42 Å². The first-order valence-electron chi connectivity index (χ1n) is 16.4. The standard InChI is InChI=1S/C44H25N3OS/c1-3-13-26(14-4-1)28-23-24-32-35(25-28)48-44-39(32)43(45-42(46-44)27-15-5-2-6-16-27)47-34-21-11-9-19-31(34)37-38-33-20-10-12-22-36(33)49-41(38)30-18-8-7-17-29(30)40(37)47/h1-25H. The number of fused-ring (bicyclic) bond motifs is 13. The summed E-state index contributed by atoms with van der Waals surface area (Å²) < 4.78 is 11.7. The fourth-order valence-electron chi connectivity index (χ4n) is 7.68. The lowest BCUT2D eigenvalue weighted by Crippen LogP contribution is -2.02. The number of hydrogen-bond donors (Lipinski definition) is 0. The Morgan fingerprint density at radius 3 is 1.98 bits per heavy atom. The van der Waals surface area contributed by atoms with E-state index in [1.165, 1.54) is 41.7 Å². The number of para-hydroxylation sites is 1. The Hall–Kier alpha value is -6.30. The molecule has 11 rings (SSSR count). The van der Waals surface area contributed by atoms with Crippen LogP contribution in [0.1, 0.15) is 0 Å². The van der Waals surface area contributed by atoms with Crippen molar-refractivity contribution in [3.63, 3.8) is 0 Å². The van der Waals surface area contributed by atoms with Crippen LogP contribution in [0, 0.1) is 0 Å². The molecular weight excluding hydrogens is 619 g/mol. The maximum atomic E-state index is 6.68. The predicted octanol–water partition coefficient (Wildman–Crippen LogP) is 12.3. The number of benzene rings is 7. The van der Waals surface area contributed by atoms with Crippen LogP contribution in [-0.4, -0.2) is 14.5 Å². The number of thiophene rings is 1. The van der Waals surface area contributed by atoms with E-state index in [2.05, 4.69) is 132 Å². The van der Waals surface area contributed by atoms with E-state index in [-0.39, 0.29) is 0 Å². The van der Waals surface area contributed by atoms with Gasteiger partial charge in [0.25, 0.3) is 0 Å². The molecule has 0 radical (unpaired) electrons. The van der Waals surface area contributed by atoms with Crippen molar-refractivity contribution in [2.24, 2.45) is 0 Å². The Bertz CT molecular complexity index is 3100. The fraction of sp³-hybridized carbons (Fsp3) is 0. The van der Waals surface area contributed by atoms with Crippen LogP contribution in [0.25, 0.3) is 103 Å². The molecule has 0 amide bonds. The largest absolute Gasteiger partial charge is 0.437 e. The topological polar surface area (TPSA) is 43.9 Å². The normalized spacial score (nSPS) is 12.1. The minimum absolute atomic E-state index is 0.571. The van der Waals surface area contributed by atoms with Crippen molar-refractivity contribution in [3.05, 3.63) is 152 Å². The van der Waals surface area contributed by atoms with E-state index in [1.54, 1.807) is 0 Å². The van der Waals surface area contributed by atoms with Gasteiger partial charge in [-0.15, -0.1) is 11.3 Å². The van der Waals surface area contributed by atoms with Crippen LogP contribution in [0.15, 0.2) is 156 Å². The molecule has 0 aliphatic heterocycles. The van der Waals surface area contributed by atoms with Crippen molar-refractivity contribution in [2.75, 3.05) is 0 Å². The van der Waals surface area contributed by atoms with Crippen molar-refractivity contribution < 1.29 is 4.42 Å². The second kappa shape index (κ2) is 10.1. The maximum Gasteiger partial charge on any atom is 0.233 e. The number of nitrogens with zero attached hydrogens (tertiary/aromatic N) is 3. The molecule has 228 valence electrons. The average molecular weight is 644 g/mol. The zero-order valence-electron chi connectivity index (χ0n) is 26.1. The molecule has 4 aromatic heterocycles. The summed E-state index contributed by atoms with van der Waals surface area (Å²) in [6, 6.07) is 53.4. The van der Waals surface area contributed by atoms with E-state index >= 15 is 0 Å². The van der Waals surface area contributed by atoms with Crippen LogP contribution >= 0.6 is 11.3 Å². The Balaban J connectivity index is 1.35. The molecule has 7 aromatic carbocycles. The summed E-state index contributed by atoms with van der Waals surface area (Å²) in [5.41, 5.74) is 6.77. The summed E-state index contributed by atoms with van der Waals surface area (Å²) in [5, 5.41) is 9.34. The summed E-state index contributed by atoms with van der Waals surface area (Å²) in [4.78, 5) is 10.5. The third-order valence-corrected chi connectivity index (χ3v) is 11.0. The van der Waals surface area contributed by atoms with Crippen LogP contribution in [0.3, 0.4) is 0 Å². The number of furan rings is 1. The molecule has 0 aliphatic carbocycles. The van der Waals surface area contributed by atoms with Crippen molar-refractivity contribution >= 4 is 86.2 Å². The fourth-order valence-corrected chi connectivity index (χ4v) is 8.93. The molecule has 0 saturated heterocycles. The van der Waals surface area contributed by atoms with Gasteiger partial charge in [-0.05, 0) is 35.4 Å². The summed E-state index contributed by atoms with van der Waals surface area (Å²) >= 11 is 1.87. The van der Waals surface area contributed by atoms with E-state index in [9.17, 15) is 0 Å². The van der Waals surface area contributed by atoms with E-state index in [0.29, 0.717) is 11.5 Å². The zero-order chi connectivity index (χ0) is 32.1. The highest BCUT2D eigenvalue weighted by Crippen LogP contribution is 2.48. The van der Waals surface area contributed by atoms with Gasteiger partial charge in [0.05, 0.1) is 16.4 Å². The molecule has 0 spiro atoms. The Kier molecular flexibility index (Phi) is 5.51. The third kappa shape index (κ3) is 3.79. The zero-order valence-corrected chi connectivity index (χ0v) is 26.9. The second-order valence-corrected chi connectivity index (χ2v) is 13.6. The van der Waals surface area contributed by atoms with E-state index < -0.39 is 0 Å². The lowest BCUT2D eigenvalue weighted by atomic mass is 10.00. The highest BCUT2D eigenvalue weighted by molar-refractivity contribution is 7.27. The third-order valence-electron chi connectivity index (χ3n) is 9.81. The van der Waals surface area contributed by atoms with Crippen LogP contribution < -0.4 is 0 Å². The number of aromatic nitrogens is 3. The lowest BCUT2D eigenvalue weighted by molar-refractivity contribution is 0.653. The maximum absolute atomic E-state index is 6.68. The smallest absolute Gasteiger partial charge is 0.233 e. The quantitative estimate of drug-likeness (QED) is 0.192. The van der Waals surface area contributed by atoms with Gasteiger partial charge in [-0.25, -0.2) is 4.98 Å². The monoisotopic (exact) mass is 643 g/mol. The molecule has 0 N–H and O–H groups in total. The highest BCUT2D eigenvalue weighted by Gasteiger charge is 2.25. The predicted molar refractivity (Wildman–Crippen MR) is 205 cm³/mol. The molecule has 4 nitrogen and oxygen atoms in total. The number of rotatable bonds is 3. The van der Waals surface area contributed by atoms with Crippen molar-refractivity contribution in [1.29, 1.82) is 0 Å². The van der Waals surface area contributed by atoms with Gasteiger partial charge in [0.15, 0.2) is 11.6 Å². The van der Waals surface area contributed by atoms with Gasteiger partial charge >= 0.3 is 0 Å². The van der Waals surface area contributed by atoms with E-state index in [1.807, 2.05) is 35.6 Å². The molecule has 4 heterocycles. The molecule has 0 fully saturated rings. The molecule has 0 bridgehead atoms. The Labute approximate surface area is 284 Å². The summed E-state index contributed by atoms with van der Waals surface area (Å²) in [6.07, 6.45) is 0. The average Bonchev–Trinajstić information content (AvgIpc) is 3.85. The first-order chi connectivity index (χ1) is 24.3. The van der Waals surface area contributed by atoms with Crippen molar-refractivity contribution in [1.82, 2.24) is 14.5 Å². The SMILES string of the molecule is c1ccc(-c2ccc3c(c2)oc2nc(-c4ccccc4)nc(-n4c5ccccc5c5c6c7ccccc7sc6c6ccccc6c54)c23)cc1. The number of hydrogen-bond acceptors (Lipinski definition) is 4. The van der Waals surface area contributed by atoms with Crippen molar-refractivity contribution in [2.45, 2.75) is 0 Å². The molecule has 0 atom stereocenters. The molecule has 49 heavy (non-hydrogen) atoms. The summed E-state index contributed by atoms with van der Waals surface area (Å²) in [6.45, 7) is 0. The van der Waals surface area contributed by atoms with Gasteiger partial charge in [-0.2, -0.15) is 4.98 Å². The Morgan fingerprint density at radius 1 is 0.490 bits per heavy atom. The van der Waals surface area contributed by atoms with Crippen LogP contribution in [0.5, 0.6) is 0 Å². The van der Waals surface area contributed by atoms with Gasteiger partial charge in [-0.1, -0.05) is 127 Å². The van der Waals surface area contributed by atoms with Crippen LogP contribution in [0.4, 0.5) is 0 Å². The molecule has 5 heteroatoms. The van der Waals surface area contributed by atoms with Crippen LogP contribution in [-0.2, 0) is 0 Å². The van der Waals surface area contributed by atoms with Gasteiger partial charge in [0, 0.05) is 52.7 Å². The molecule has 0 aliphatic rings. The highest BCUT2D eigenvalue weighted by atomic mass is 32.1. The minimum atomic E-state index is 0.571. The van der Waals surface area contributed by atoms with E-state index in [4.69, 9.17) is 14.4 Å². The summed E-state index contributed by atoms with van der Waals surface area (Å²) in [7, 11) is 0. The first-order valence-corrected chi connectivity index (χ1v) is 17.2. The van der Waals surface area contributed by atoms with Crippen molar-refractivity contribution in [3.8, 4) is 28.3 Å². The molecule has 11 aromatic rings. The second-order valence-electron chi connectivity index (χ2n) is 12.5. The van der Waals surface area contributed by atoms with Gasteiger partial charge in [-0.3, -0.25) is 4.57 Å².